The van der Waals surface area contributed by atoms with E-state index in [2.05, 4.69) is 10.1 Å². The molecule has 0 aromatic carbocycles. The third-order valence-corrected chi connectivity index (χ3v) is 5.28. The molecule has 4 rings (SSSR count). The second kappa shape index (κ2) is 5.84. The first-order valence-corrected chi connectivity index (χ1v) is 8.89. The van der Waals surface area contributed by atoms with Gasteiger partial charge in [-0.25, -0.2) is 4.98 Å². The molecule has 2 aromatic heterocycles. The Morgan fingerprint density at radius 2 is 2.17 bits per heavy atom. The highest BCUT2D eigenvalue weighted by atomic mass is 16.5. The normalized spacial score (nSPS) is 22.8. The van der Waals surface area contributed by atoms with Gasteiger partial charge in [0.05, 0.1) is 16.6 Å². The van der Waals surface area contributed by atoms with Crippen molar-refractivity contribution >= 4 is 17.0 Å². The summed E-state index contributed by atoms with van der Waals surface area (Å²) in [4.78, 5) is 19.9. The summed E-state index contributed by atoms with van der Waals surface area (Å²) in [6.07, 6.45) is 5.38. The van der Waals surface area contributed by atoms with Crippen molar-refractivity contribution in [2.75, 3.05) is 6.54 Å². The van der Waals surface area contributed by atoms with Crippen LogP contribution in [0.4, 0.5) is 0 Å². The van der Waals surface area contributed by atoms with E-state index in [4.69, 9.17) is 10.3 Å². The molecule has 1 saturated heterocycles. The van der Waals surface area contributed by atoms with Crippen molar-refractivity contribution in [3.8, 4) is 0 Å². The van der Waals surface area contributed by atoms with Crippen molar-refractivity contribution in [1.82, 2.24) is 15.0 Å². The van der Waals surface area contributed by atoms with Gasteiger partial charge >= 0.3 is 0 Å². The van der Waals surface area contributed by atoms with Gasteiger partial charge in [-0.1, -0.05) is 5.16 Å². The second-order valence-electron chi connectivity index (χ2n) is 7.24. The lowest BCUT2D eigenvalue weighted by Crippen LogP contribution is -2.51. The fourth-order valence-corrected chi connectivity index (χ4v) is 3.78. The van der Waals surface area contributed by atoms with E-state index >= 15 is 0 Å². The Morgan fingerprint density at radius 1 is 1.38 bits per heavy atom. The third-order valence-electron chi connectivity index (χ3n) is 5.28. The average Bonchev–Trinajstić information content (AvgIpc) is 3.37. The first-order chi connectivity index (χ1) is 11.6. The number of aromatic nitrogens is 2. The first-order valence-electron chi connectivity index (χ1n) is 8.89. The predicted octanol–water partition coefficient (Wildman–Crippen LogP) is 2.75. The lowest BCUT2D eigenvalue weighted by atomic mass is 9.95. The lowest BCUT2D eigenvalue weighted by molar-refractivity contribution is 0.0585. The Balaban J connectivity index is 1.79. The van der Waals surface area contributed by atoms with E-state index in [9.17, 15) is 4.79 Å². The summed E-state index contributed by atoms with van der Waals surface area (Å²) in [6.45, 7) is 4.61. The molecule has 0 spiro atoms. The molecule has 6 heteroatoms. The molecule has 128 valence electrons. The number of carbonyl (C=O) groups is 1. The summed E-state index contributed by atoms with van der Waals surface area (Å²) < 4.78 is 5.36. The third kappa shape index (κ3) is 2.59. The Bertz CT molecular complexity index is 779. The maximum Gasteiger partial charge on any atom is 0.259 e. The molecule has 1 aliphatic heterocycles. The predicted molar refractivity (Wildman–Crippen MR) is 90.8 cm³/mol. The monoisotopic (exact) mass is 328 g/mol. The Hall–Kier alpha value is -1.95. The highest BCUT2D eigenvalue weighted by molar-refractivity contribution is 6.06. The highest BCUT2D eigenvalue weighted by Crippen LogP contribution is 2.40. The van der Waals surface area contributed by atoms with Crippen LogP contribution in [0.25, 0.3) is 11.1 Å². The summed E-state index contributed by atoms with van der Waals surface area (Å²) in [5.74, 6) is 0.495. The van der Waals surface area contributed by atoms with Crippen LogP contribution in [0.5, 0.6) is 0 Å². The van der Waals surface area contributed by atoms with Crippen molar-refractivity contribution in [3.05, 3.63) is 23.0 Å². The number of nitrogens with two attached hydrogens (primary N) is 1. The molecule has 1 aliphatic carbocycles. The molecule has 2 aromatic rings. The molecule has 2 N–H and O–H groups in total. The van der Waals surface area contributed by atoms with E-state index in [1.54, 1.807) is 0 Å². The van der Waals surface area contributed by atoms with Gasteiger partial charge in [0.15, 0.2) is 0 Å². The Kier molecular flexibility index (Phi) is 3.79. The van der Waals surface area contributed by atoms with Crippen LogP contribution in [0.2, 0.25) is 0 Å². The summed E-state index contributed by atoms with van der Waals surface area (Å²) >= 11 is 0. The number of carbonyl (C=O) groups excluding carboxylic acids is 1. The average molecular weight is 328 g/mol. The molecule has 2 unspecified atom stereocenters. The van der Waals surface area contributed by atoms with E-state index in [0.717, 1.165) is 55.4 Å². The molecule has 1 saturated carbocycles. The van der Waals surface area contributed by atoms with Crippen LogP contribution in [-0.4, -0.2) is 39.6 Å². The molecule has 1 amide bonds. The van der Waals surface area contributed by atoms with E-state index in [1.807, 2.05) is 24.8 Å². The maximum absolute atomic E-state index is 13.3. The number of pyridine rings is 1. The number of hydrogen-bond acceptors (Lipinski definition) is 5. The number of rotatable bonds is 3. The van der Waals surface area contributed by atoms with Gasteiger partial charge in [-0.15, -0.1) is 0 Å². The van der Waals surface area contributed by atoms with Gasteiger partial charge in [0.1, 0.15) is 0 Å². The zero-order chi connectivity index (χ0) is 16.8. The van der Waals surface area contributed by atoms with Gasteiger partial charge in [0.2, 0.25) is 0 Å². The molecule has 2 atom stereocenters. The maximum atomic E-state index is 13.3. The van der Waals surface area contributed by atoms with Gasteiger partial charge in [0.25, 0.3) is 11.6 Å². The van der Waals surface area contributed by atoms with Crippen molar-refractivity contribution in [2.24, 2.45) is 5.73 Å². The number of amides is 1. The van der Waals surface area contributed by atoms with Gasteiger partial charge < -0.3 is 15.2 Å². The Morgan fingerprint density at radius 3 is 2.88 bits per heavy atom. The van der Waals surface area contributed by atoms with Gasteiger partial charge in [-0.05, 0) is 52.0 Å². The molecule has 0 bridgehead atoms. The largest absolute Gasteiger partial charge is 0.336 e. The molecule has 24 heavy (non-hydrogen) atoms. The van der Waals surface area contributed by atoms with Gasteiger partial charge in [-0.3, -0.25) is 4.79 Å². The number of aryl methyl sites for hydroxylation is 1. The summed E-state index contributed by atoms with van der Waals surface area (Å²) in [7, 11) is 0. The summed E-state index contributed by atoms with van der Waals surface area (Å²) in [5, 5.41) is 4.77. The minimum Gasteiger partial charge on any atom is -0.336 e. The quantitative estimate of drug-likeness (QED) is 0.936. The van der Waals surface area contributed by atoms with E-state index in [-0.39, 0.29) is 18.0 Å². The van der Waals surface area contributed by atoms with Crippen molar-refractivity contribution in [3.63, 3.8) is 0 Å². The molecule has 2 fully saturated rings. The number of likely N-dealkylation sites (tertiary alicyclic amines) is 1. The SMILES string of the molecule is Cc1noc2nc(C3CC3)cc(C(=O)N3CCCCC3C(C)N)c12. The second-order valence-corrected chi connectivity index (χ2v) is 7.24. The number of hydrogen-bond donors (Lipinski definition) is 1. The lowest BCUT2D eigenvalue weighted by Gasteiger charge is -2.38. The van der Waals surface area contributed by atoms with E-state index in [0.29, 0.717) is 17.2 Å². The van der Waals surface area contributed by atoms with Crippen LogP contribution in [0.3, 0.4) is 0 Å². The molecule has 6 nitrogen and oxygen atoms in total. The Labute approximate surface area is 141 Å². The molecule has 2 aliphatic rings. The fourth-order valence-electron chi connectivity index (χ4n) is 3.78. The molecule has 3 heterocycles. The van der Waals surface area contributed by atoms with E-state index in [1.165, 1.54) is 0 Å². The smallest absolute Gasteiger partial charge is 0.259 e. The molecular formula is C18H24N4O2. The molecule has 0 radical (unpaired) electrons. The highest BCUT2D eigenvalue weighted by Gasteiger charge is 2.33. The zero-order valence-corrected chi connectivity index (χ0v) is 14.3. The first kappa shape index (κ1) is 15.6. The van der Waals surface area contributed by atoms with Crippen LogP contribution in [0.15, 0.2) is 10.6 Å². The summed E-state index contributed by atoms with van der Waals surface area (Å²) in [5.41, 5.74) is 8.98. The number of piperidine rings is 1. The standard InChI is InChI=1S/C18H24N4O2/c1-10(19)15-5-3-4-8-22(15)18(23)13-9-14(12-6-7-12)20-17-16(13)11(2)21-24-17/h9-10,12,15H,3-8,19H2,1-2H3. The van der Waals surface area contributed by atoms with Crippen molar-refractivity contribution < 1.29 is 9.32 Å². The fraction of sp³-hybridized carbons (Fsp3) is 0.611. The van der Waals surface area contributed by atoms with E-state index < -0.39 is 0 Å². The minimum absolute atomic E-state index is 0.0296. The zero-order valence-electron chi connectivity index (χ0n) is 14.3. The van der Waals surface area contributed by atoms with Crippen LogP contribution in [0.1, 0.15) is 66.7 Å². The number of fused-ring (bicyclic) bond motifs is 1. The van der Waals surface area contributed by atoms with Crippen LogP contribution >= 0.6 is 0 Å². The van der Waals surface area contributed by atoms with Gasteiger partial charge in [0, 0.05) is 30.2 Å². The van der Waals surface area contributed by atoms with Crippen molar-refractivity contribution in [2.45, 2.75) is 64.0 Å². The van der Waals surface area contributed by atoms with Crippen LogP contribution in [-0.2, 0) is 0 Å². The molecular weight excluding hydrogens is 304 g/mol. The van der Waals surface area contributed by atoms with Crippen LogP contribution in [0, 0.1) is 6.92 Å². The van der Waals surface area contributed by atoms with Gasteiger partial charge in [-0.2, -0.15) is 0 Å². The number of nitrogens with zero attached hydrogens (tertiary/aromatic N) is 3. The summed E-state index contributed by atoms with van der Waals surface area (Å²) in [6, 6.07) is 2.02. The van der Waals surface area contributed by atoms with Crippen molar-refractivity contribution in [1.29, 1.82) is 0 Å². The topological polar surface area (TPSA) is 85.2 Å². The minimum atomic E-state index is -0.0296. The van der Waals surface area contributed by atoms with Crippen LogP contribution < -0.4 is 5.73 Å².